The van der Waals surface area contributed by atoms with Crippen LogP contribution in [0.25, 0.3) is 0 Å². The van der Waals surface area contributed by atoms with Gasteiger partial charge in [0.05, 0.1) is 15.9 Å². The molecule has 2 rings (SSSR count). The monoisotopic (exact) mass is 325 g/mol. The maximum atomic E-state index is 12.0. The van der Waals surface area contributed by atoms with Gasteiger partial charge in [-0.05, 0) is 31.5 Å². The second kappa shape index (κ2) is 5.92. The van der Waals surface area contributed by atoms with E-state index in [1.165, 1.54) is 23.5 Å². The van der Waals surface area contributed by atoms with Crippen molar-refractivity contribution in [1.82, 2.24) is 10.3 Å². The predicted octanol–water partition coefficient (Wildman–Crippen LogP) is 1.59. The Morgan fingerprint density at radius 1 is 1.33 bits per heavy atom. The molecule has 112 valence electrons. The molecule has 1 heterocycles. The molecule has 1 aromatic carbocycles. The third-order valence-corrected chi connectivity index (χ3v) is 4.61. The number of nitrogens with one attached hydrogen (secondary N) is 1. The van der Waals surface area contributed by atoms with Gasteiger partial charge in [-0.3, -0.25) is 4.79 Å². The molecule has 0 radical (unpaired) electrons. The summed E-state index contributed by atoms with van der Waals surface area (Å²) in [4.78, 5) is 16.1. The first-order valence-corrected chi connectivity index (χ1v) is 8.56. The molecule has 8 heteroatoms. The van der Waals surface area contributed by atoms with Gasteiger partial charge in [0.25, 0.3) is 5.91 Å². The standard InChI is InChI=1S/C13H15N3O3S2/c1-8(15-13(17)12-7-20-9(2)16-12)10-3-5-11(6-4-10)21(14,18)19/h3-8H,1-2H3,(H,15,17)(H2,14,18,19). The van der Waals surface area contributed by atoms with Crippen LogP contribution in [0.15, 0.2) is 34.5 Å². The number of aryl methyl sites for hydroxylation is 1. The molecule has 0 bridgehead atoms. The Balaban J connectivity index is 2.10. The molecule has 0 saturated carbocycles. The number of aromatic nitrogens is 1. The van der Waals surface area contributed by atoms with E-state index < -0.39 is 10.0 Å². The van der Waals surface area contributed by atoms with Crippen LogP contribution in [0.3, 0.4) is 0 Å². The second-order valence-electron chi connectivity index (χ2n) is 4.56. The normalized spacial score (nSPS) is 12.9. The van der Waals surface area contributed by atoms with Gasteiger partial charge in [-0.15, -0.1) is 11.3 Å². The number of thiazole rings is 1. The summed E-state index contributed by atoms with van der Waals surface area (Å²) in [5.74, 6) is -0.262. The molecule has 6 nitrogen and oxygen atoms in total. The van der Waals surface area contributed by atoms with Gasteiger partial charge in [0.1, 0.15) is 5.69 Å². The lowest BCUT2D eigenvalue weighted by atomic mass is 10.1. The molecule has 21 heavy (non-hydrogen) atoms. The molecule has 0 aliphatic carbocycles. The summed E-state index contributed by atoms with van der Waals surface area (Å²) in [6.45, 7) is 3.64. The van der Waals surface area contributed by atoms with Crippen LogP contribution in [0.4, 0.5) is 0 Å². The highest BCUT2D eigenvalue weighted by atomic mass is 32.2. The van der Waals surface area contributed by atoms with Crippen molar-refractivity contribution in [1.29, 1.82) is 0 Å². The molecule has 0 fully saturated rings. The quantitative estimate of drug-likeness (QED) is 0.891. The lowest BCUT2D eigenvalue weighted by Crippen LogP contribution is -2.27. The fourth-order valence-electron chi connectivity index (χ4n) is 1.77. The number of rotatable bonds is 4. The highest BCUT2D eigenvalue weighted by Crippen LogP contribution is 2.16. The van der Waals surface area contributed by atoms with E-state index in [0.29, 0.717) is 5.69 Å². The van der Waals surface area contributed by atoms with E-state index in [-0.39, 0.29) is 16.8 Å². The van der Waals surface area contributed by atoms with Crippen LogP contribution in [0.5, 0.6) is 0 Å². The smallest absolute Gasteiger partial charge is 0.271 e. The Bertz CT molecular complexity index is 751. The number of nitrogens with zero attached hydrogens (tertiary/aromatic N) is 1. The fourth-order valence-corrected chi connectivity index (χ4v) is 2.88. The Morgan fingerprint density at radius 2 is 1.95 bits per heavy atom. The summed E-state index contributed by atoms with van der Waals surface area (Å²) in [5.41, 5.74) is 1.16. The van der Waals surface area contributed by atoms with Crippen LogP contribution < -0.4 is 10.5 Å². The van der Waals surface area contributed by atoms with Crippen molar-refractivity contribution in [3.8, 4) is 0 Å². The average Bonchev–Trinajstić information content (AvgIpc) is 2.84. The maximum Gasteiger partial charge on any atom is 0.271 e. The molecule has 1 unspecified atom stereocenters. The minimum Gasteiger partial charge on any atom is -0.344 e. The lowest BCUT2D eigenvalue weighted by molar-refractivity contribution is 0.0935. The van der Waals surface area contributed by atoms with Gasteiger partial charge in [-0.1, -0.05) is 12.1 Å². The summed E-state index contributed by atoms with van der Waals surface area (Å²) in [6, 6.07) is 5.81. The number of benzene rings is 1. The van der Waals surface area contributed by atoms with Gasteiger partial charge in [0, 0.05) is 5.38 Å². The van der Waals surface area contributed by atoms with Gasteiger partial charge in [-0.2, -0.15) is 0 Å². The first kappa shape index (κ1) is 15.6. The first-order valence-electron chi connectivity index (χ1n) is 6.13. The van der Waals surface area contributed by atoms with E-state index in [2.05, 4.69) is 10.3 Å². The van der Waals surface area contributed by atoms with Gasteiger partial charge < -0.3 is 5.32 Å². The molecular weight excluding hydrogens is 310 g/mol. The van der Waals surface area contributed by atoms with E-state index >= 15 is 0 Å². The molecular formula is C13H15N3O3S2. The zero-order valence-corrected chi connectivity index (χ0v) is 13.2. The van der Waals surface area contributed by atoms with Crippen molar-refractivity contribution in [2.45, 2.75) is 24.8 Å². The van der Waals surface area contributed by atoms with Crippen molar-refractivity contribution in [2.24, 2.45) is 5.14 Å². The van der Waals surface area contributed by atoms with Crippen LogP contribution in [-0.4, -0.2) is 19.3 Å². The van der Waals surface area contributed by atoms with Crippen LogP contribution in [0.2, 0.25) is 0 Å². The summed E-state index contributed by atoms with van der Waals surface area (Å²) in [5, 5.41) is 10.4. The highest BCUT2D eigenvalue weighted by Gasteiger charge is 2.14. The van der Waals surface area contributed by atoms with Gasteiger partial charge in [-0.25, -0.2) is 18.5 Å². The molecule has 2 aromatic rings. The number of nitrogens with two attached hydrogens (primary N) is 1. The molecule has 1 aromatic heterocycles. The zero-order valence-electron chi connectivity index (χ0n) is 11.5. The second-order valence-corrected chi connectivity index (χ2v) is 7.18. The Kier molecular flexibility index (Phi) is 4.40. The van der Waals surface area contributed by atoms with Crippen molar-refractivity contribution in [3.05, 3.63) is 45.9 Å². The summed E-state index contributed by atoms with van der Waals surface area (Å²) in [7, 11) is -3.70. The lowest BCUT2D eigenvalue weighted by Gasteiger charge is -2.13. The fraction of sp³-hybridized carbons (Fsp3) is 0.231. The number of primary sulfonamides is 1. The topological polar surface area (TPSA) is 102 Å². The van der Waals surface area contributed by atoms with Crippen LogP contribution in [0.1, 0.15) is 34.0 Å². The third kappa shape index (κ3) is 3.87. The summed E-state index contributed by atoms with van der Waals surface area (Å²) in [6.07, 6.45) is 0. The highest BCUT2D eigenvalue weighted by molar-refractivity contribution is 7.89. The Labute approximate surface area is 127 Å². The van der Waals surface area contributed by atoms with Crippen LogP contribution >= 0.6 is 11.3 Å². The Morgan fingerprint density at radius 3 is 2.43 bits per heavy atom. The minimum atomic E-state index is -3.70. The molecule has 0 aliphatic rings. The maximum absolute atomic E-state index is 12.0. The summed E-state index contributed by atoms with van der Waals surface area (Å²) < 4.78 is 22.4. The van der Waals surface area contributed by atoms with Crippen molar-refractivity contribution in [2.75, 3.05) is 0 Å². The van der Waals surface area contributed by atoms with Crippen LogP contribution in [-0.2, 0) is 10.0 Å². The van der Waals surface area contributed by atoms with Crippen LogP contribution in [0, 0.1) is 6.92 Å². The molecule has 3 N–H and O–H groups in total. The van der Waals surface area contributed by atoms with E-state index in [1.54, 1.807) is 17.5 Å². The number of amides is 1. The van der Waals surface area contributed by atoms with Crippen molar-refractivity contribution >= 4 is 27.3 Å². The van der Waals surface area contributed by atoms with Crippen molar-refractivity contribution in [3.63, 3.8) is 0 Å². The number of carbonyl (C=O) groups is 1. The van der Waals surface area contributed by atoms with E-state index in [4.69, 9.17) is 5.14 Å². The van der Waals surface area contributed by atoms with Crippen molar-refractivity contribution < 1.29 is 13.2 Å². The molecule has 1 atom stereocenters. The SMILES string of the molecule is Cc1nc(C(=O)NC(C)c2ccc(S(N)(=O)=O)cc2)cs1. The molecule has 0 aliphatic heterocycles. The molecule has 1 amide bonds. The van der Waals surface area contributed by atoms with Gasteiger partial charge >= 0.3 is 0 Å². The van der Waals surface area contributed by atoms with E-state index in [9.17, 15) is 13.2 Å². The predicted molar refractivity (Wildman–Crippen MR) is 80.5 cm³/mol. The van der Waals surface area contributed by atoms with E-state index in [1.807, 2.05) is 13.8 Å². The number of hydrogen-bond acceptors (Lipinski definition) is 5. The number of hydrogen-bond donors (Lipinski definition) is 2. The average molecular weight is 325 g/mol. The summed E-state index contributed by atoms with van der Waals surface area (Å²) >= 11 is 1.41. The zero-order chi connectivity index (χ0) is 15.6. The minimum absolute atomic E-state index is 0.0416. The first-order chi connectivity index (χ1) is 9.77. The molecule has 0 spiro atoms. The Hall–Kier alpha value is -1.77. The molecule has 0 saturated heterocycles. The van der Waals surface area contributed by atoms with E-state index in [0.717, 1.165) is 10.6 Å². The van der Waals surface area contributed by atoms with Gasteiger partial charge in [0.2, 0.25) is 10.0 Å². The number of carbonyl (C=O) groups excluding carboxylic acids is 1. The van der Waals surface area contributed by atoms with Gasteiger partial charge in [0.15, 0.2) is 0 Å². The number of sulfonamides is 1. The third-order valence-electron chi connectivity index (χ3n) is 2.91. The largest absolute Gasteiger partial charge is 0.344 e.